The third-order valence-electron chi connectivity index (χ3n) is 5.93. The molecule has 1 aliphatic carbocycles. The first-order chi connectivity index (χ1) is 14.1. The van der Waals surface area contributed by atoms with Gasteiger partial charge in [-0.1, -0.05) is 12.1 Å². The Labute approximate surface area is 169 Å². The Morgan fingerprint density at radius 2 is 2.00 bits per heavy atom. The van der Waals surface area contributed by atoms with Crippen molar-refractivity contribution in [1.82, 2.24) is 19.6 Å². The van der Waals surface area contributed by atoms with E-state index in [1.54, 1.807) is 6.20 Å². The zero-order valence-corrected chi connectivity index (χ0v) is 16.5. The molecule has 1 saturated heterocycles. The summed E-state index contributed by atoms with van der Waals surface area (Å²) in [5.41, 5.74) is 4.85. The summed E-state index contributed by atoms with van der Waals surface area (Å²) in [6.45, 7) is 3.37. The van der Waals surface area contributed by atoms with Crippen LogP contribution in [0.2, 0.25) is 0 Å². The minimum absolute atomic E-state index is 0.0879. The Morgan fingerprint density at radius 3 is 2.76 bits per heavy atom. The number of aryl methyl sites for hydroxylation is 1. The summed E-state index contributed by atoms with van der Waals surface area (Å²) in [7, 11) is 0. The van der Waals surface area contributed by atoms with Crippen LogP contribution in [0.25, 0.3) is 16.8 Å². The van der Waals surface area contributed by atoms with Crippen molar-refractivity contribution in [3.63, 3.8) is 0 Å². The lowest BCUT2D eigenvalue weighted by Crippen LogP contribution is -2.32. The van der Waals surface area contributed by atoms with Crippen LogP contribution in [0, 0.1) is 12.8 Å². The van der Waals surface area contributed by atoms with Crippen LogP contribution in [0.4, 0.5) is 0 Å². The van der Waals surface area contributed by atoms with Crippen molar-refractivity contribution in [3.8, 4) is 11.1 Å². The van der Waals surface area contributed by atoms with E-state index in [0.717, 1.165) is 41.7 Å². The van der Waals surface area contributed by atoms with Crippen LogP contribution in [0.15, 0.2) is 48.9 Å². The van der Waals surface area contributed by atoms with Gasteiger partial charge in [0.2, 0.25) is 5.91 Å². The highest BCUT2D eigenvalue weighted by atomic mass is 16.2. The highest BCUT2D eigenvalue weighted by Gasteiger charge is 2.39. The monoisotopic (exact) mass is 388 g/mol. The molecule has 0 spiro atoms. The van der Waals surface area contributed by atoms with Crippen molar-refractivity contribution >= 4 is 17.5 Å². The largest absolute Gasteiger partial charge is 0.352 e. The number of amides is 2. The molecule has 2 aliphatic rings. The second kappa shape index (κ2) is 7.03. The number of aromatic nitrogens is 2. The zero-order chi connectivity index (χ0) is 20.0. The SMILES string of the molecule is Cc1cc(-c2ccc(C(=O)NC[C@H]3CC(=O)N(C4CC4)C3)cc2)cn2ccnc12. The first-order valence-electron chi connectivity index (χ1n) is 10.2. The fraction of sp³-hybridized carbons (Fsp3) is 0.348. The van der Waals surface area contributed by atoms with Crippen molar-refractivity contribution in [2.45, 2.75) is 32.2 Å². The summed E-state index contributed by atoms with van der Waals surface area (Å²) >= 11 is 0. The molecule has 2 aromatic heterocycles. The number of fused-ring (bicyclic) bond motifs is 1. The number of rotatable bonds is 5. The average Bonchev–Trinajstić information content (AvgIpc) is 3.33. The van der Waals surface area contributed by atoms with Gasteiger partial charge in [-0.15, -0.1) is 0 Å². The predicted molar refractivity (Wildman–Crippen MR) is 111 cm³/mol. The summed E-state index contributed by atoms with van der Waals surface area (Å²) in [6, 6.07) is 10.2. The maximum Gasteiger partial charge on any atom is 0.251 e. The van der Waals surface area contributed by atoms with Gasteiger partial charge in [-0.2, -0.15) is 0 Å². The van der Waals surface area contributed by atoms with Crippen LogP contribution in [-0.2, 0) is 4.79 Å². The van der Waals surface area contributed by atoms with Crippen LogP contribution >= 0.6 is 0 Å². The van der Waals surface area contributed by atoms with Crippen molar-refractivity contribution in [1.29, 1.82) is 0 Å². The molecule has 6 nitrogen and oxygen atoms in total. The van der Waals surface area contributed by atoms with Gasteiger partial charge in [0.15, 0.2) is 0 Å². The molecule has 1 saturated carbocycles. The van der Waals surface area contributed by atoms with Crippen molar-refractivity contribution in [2.75, 3.05) is 13.1 Å². The number of nitrogens with one attached hydrogen (secondary N) is 1. The van der Waals surface area contributed by atoms with Gasteiger partial charge in [-0.25, -0.2) is 4.98 Å². The molecule has 0 bridgehead atoms. The average molecular weight is 388 g/mol. The fourth-order valence-electron chi connectivity index (χ4n) is 4.20. The van der Waals surface area contributed by atoms with Crippen molar-refractivity contribution in [2.24, 2.45) is 5.92 Å². The highest BCUT2D eigenvalue weighted by molar-refractivity contribution is 5.94. The third kappa shape index (κ3) is 3.50. The summed E-state index contributed by atoms with van der Waals surface area (Å²) in [4.78, 5) is 30.9. The topological polar surface area (TPSA) is 66.7 Å². The van der Waals surface area contributed by atoms with E-state index in [4.69, 9.17) is 0 Å². The number of nitrogens with zero attached hydrogens (tertiary/aromatic N) is 3. The molecule has 3 aromatic rings. The molecule has 148 valence electrons. The zero-order valence-electron chi connectivity index (χ0n) is 16.5. The molecular formula is C23H24N4O2. The Balaban J connectivity index is 1.23. The number of imidazole rings is 1. The third-order valence-corrected chi connectivity index (χ3v) is 5.93. The molecule has 1 aliphatic heterocycles. The quantitative estimate of drug-likeness (QED) is 0.731. The summed E-state index contributed by atoms with van der Waals surface area (Å²) in [6.07, 6.45) is 8.58. The number of hydrogen-bond donors (Lipinski definition) is 1. The van der Waals surface area contributed by atoms with Gasteiger partial charge in [0.25, 0.3) is 5.91 Å². The van der Waals surface area contributed by atoms with Crippen LogP contribution < -0.4 is 5.32 Å². The van der Waals surface area contributed by atoms with Gasteiger partial charge >= 0.3 is 0 Å². The minimum atomic E-state index is -0.0879. The van der Waals surface area contributed by atoms with Crippen LogP contribution in [0.5, 0.6) is 0 Å². The summed E-state index contributed by atoms with van der Waals surface area (Å²) < 4.78 is 2.01. The molecule has 6 heteroatoms. The van der Waals surface area contributed by atoms with Gasteiger partial charge in [0.1, 0.15) is 5.65 Å². The second-order valence-electron chi connectivity index (χ2n) is 8.20. The van der Waals surface area contributed by atoms with E-state index in [-0.39, 0.29) is 17.7 Å². The molecule has 1 atom stereocenters. The molecule has 29 heavy (non-hydrogen) atoms. The number of carbonyl (C=O) groups is 2. The Morgan fingerprint density at radius 1 is 1.21 bits per heavy atom. The van der Waals surface area contributed by atoms with Crippen LogP contribution in [0.1, 0.15) is 35.2 Å². The van der Waals surface area contributed by atoms with Crippen LogP contribution in [-0.4, -0.2) is 45.2 Å². The van der Waals surface area contributed by atoms with E-state index in [2.05, 4.69) is 16.4 Å². The second-order valence-corrected chi connectivity index (χ2v) is 8.20. The minimum Gasteiger partial charge on any atom is -0.352 e. The fourth-order valence-corrected chi connectivity index (χ4v) is 4.20. The number of carbonyl (C=O) groups excluding carboxylic acids is 2. The lowest BCUT2D eigenvalue weighted by molar-refractivity contribution is -0.128. The van der Waals surface area contributed by atoms with Crippen molar-refractivity contribution < 1.29 is 9.59 Å². The molecule has 0 unspecified atom stereocenters. The number of benzene rings is 1. The van der Waals surface area contributed by atoms with E-state index in [0.29, 0.717) is 24.6 Å². The lowest BCUT2D eigenvalue weighted by atomic mass is 10.0. The number of likely N-dealkylation sites (tertiary alicyclic amines) is 1. The van der Waals surface area contributed by atoms with Gasteiger partial charge in [0, 0.05) is 55.6 Å². The normalized spacial score (nSPS) is 19.1. The number of hydrogen-bond acceptors (Lipinski definition) is 3. The molecule has 2 amide bonds. The Hall–Kier alpha value is -3.15. The smallest absolute Gasteiger partial charge is 0.251 e. The van der Waals surface area contributed by atoms with E-state index in [9.17, 15) is 9.59 Å². The Bertz CT molecular complexity index is 1080. The summed E-state index contributed by atoms with van der Waals surface area (Å²) in [5.74, 6) is 0.368. The van der Waals surface area contributed by atoms with Gasteiger partial charge in [-0.05, 0) is 54.7 Å². The van der Waals surface area contributed by atoms with E-state index in [1.165, 1.54) is 0 Å². The molecular weight excluding hydrogens is 364 g/mol. The first kappa shape index (κ1) is 17.9. The van der Waals surface area contributed by atoms with Crippen molar-refractivity contribution in [3.05, 3.63) is 60.0 Å². The lowest BCUT2D eigenvalue weighted by Gasteiger charge is -2.15. The number of pyridine rings is 1. The molecule has 1 aromatic carbocycles. The van der Waals surface area contributed by atoms with Crippen LogP contribution in [0.3, 0.4) is 0 Å². The molecule has 2 fully saturated rings. The molecule has 3 heterocycles. The molecule has 0 radical (unpaired) electrons. The first-order valence-corrected chi connectivity index (χ1v) is 10.2. The standard InChI is InChI=1S/C23H24N4O2/c1-15-10-19(14-26-9-8-24-22(15)26)17-2-4-18(5-3-17)23(29)25-12-16-11-21(28)27(13-16)20-6-7-20/h2-5,8-10,14,16,20H,6-7,11-13H2,1H3,(H,25,29)/t16-/m1/s1. The maximum absolute atomic E-state index is 12.5. The van der Waals surface area contributed by atoms with E-state index < -0.39 is 0 Å². The van der Waals surface area contributed by atoms with Gasteiger partial charge < -0.3 is 14.6 Å². The van der Waals surface area contributed by atoms with Gasteiger partial charge in [-0.3, -0.25) is 9.59 Å². The molecule has 1 N–H and O–H groups in total. The van der Waals surface area contributed by atoms with E-state index >= 15 is 0 Å². The highest BCUT2D eigenvalue weighted by Crippen LogP contribution is 2.32. The predicted octanol–water partition coefficient (Wildman–Crippen LogP) is 3.05. The Kier molecular flexibility index (Phi) is 4.34. The maximum atomic E-state index is 12.5. The summed E-state index contributed by atoms with van der Waals surface area (Å²) in [5, 5.41) is 3.00. The molecule has 5 rings (SSSR count). The van der Waals surface area contributed by atoms with Gasteiger partial charge in [0.05, 0.1) is 0 Å². The van der Waals surface area contributed by atoms with E-state index in [1.807, 2.05) is 52.9 Å².